The van der Waals surface area contributed by atoms with Crippen LogP contribution < -0.4 is 9.80 Å². The van der Waals surface area contributed by atoms with Crippen molar-refractivity contribution in [1.82, 2.24) is 10.2 Å². The lowest BCUT2D eigenvalue weighted by Crippen LogP contribution is -2.50. The molecule has 2 fully saturated rings. The van der Waals surface area contributed by atoms with Gasteiger partial charge in [0.05, 0.1) is 23.8 Å². The van der Waals surface area contributed by atoms with E-state index in [4.69, 9.17) is 4.74 Å². The van der Waals surface area contributed by atoms with E-state index < -0.39 is 5.41 Å². The van der Waals surface area contributed by atoms with Crippen molar-refractivity contribution in [1.29, 1.82) is 0 Å². The van der Waals surface area contributed by atoms with Gasteiger partial charge < -0.3 is 14.5 Å². The Kier molecular flexibility index (Phi) is 4.31. The second kappa shape index (κ2) is 6.85. The molecule has 28 heavy (non-hydrogen) atoms. The maximum atomic E-state index is 13.6. The van der Waals surface area contributed by atoms with Gasteiger partial charge in [0.15, 0.2) is 5.82 Å². The third-order valence-electron chi connectivity index (χ3n) is 6.50. The van der Waals surface area contributed by atoms with E-state index in [9.17, 15) is 4.79 Å². The Morgan fingerprint density at radius 1 is 1.14 bits per heavy atom. The topological polar surface area (TPSA) is 58.6 Å². The van der Waals surface area contributed by atoms with Crippen molar-refractivity contribution < 1.29 is 9.53 Å². The Labute approximate surface area is 165 Å². The van der Waals surface area contributed by atoms with Crippen LogP contribution in [0.4, 0.5) is 11.5 Å². The molecule has 3 aliphatic heterocycles. The average Bonchev–Trinajstić information content (AvgIpc) is 3.32. The van der Waals surface area contributed by atoms with Gasteiger partial charge in [-0.25, -0.2) is 0 Å². The van der Waals surface area contributed by atoms with Gasteiger partial charge >= 0.3 is 0 Å². The van der Waals surface area contributed by atoms with Crippen LogP contribution in [-0.2, 0) is 14.9 Å². The molecule has 1 atom stereocenters. The molecule has 6 heteroatoms. The maximum absolute atomic E-state index is 13.6. The van der Waals surface area contributed by atoms with Crippen molar-refractivity contribution in [2.24, 2.45) is 0 Å². The summed E-state index contributed by atoms with van der Waals surface area (Å²) < 4.78 is 5.82. The standard InChI is InChI=1S/C22H26N4O2/c1-16-8-9-20(24-23-16)25-12-10-22(11-13-25)18-6-2-3-7-19(18)26(21(22)27)15-17-5-4-14-28-17/h2-3,6-9,17H,4-5,10-15H2,1H3. The summed E-state index contributed by atoms with van der Waals surface area (Å²) in [6.45, 7) is 5.05. The molecule has 0 N–H and O–H groups in total. The van der Waals surface area contributed by atoms with Crippen LogP contribution in [0.2, 0.25) is 0 Å². The number of para-hydroxylation sites is 1. The lowest BCUT2D eigenvalue weighted by atomic mass is 9.73. The Bertz CT molecular complexity index is 868. The number of benzene rings is 1. The van der Waals surface area contributed by atoms with Crippen LogP contribution in [0, 0.1) is 6.92 Å². The van der Waals surface area contributed by atoms with Crippen LogP contribution in [0.3, 0.4) is 0 Å². The number of rotatable bonds is 3. The molecule has 0 radical (unpaired) electrons. The fraction of sp³-hybridized carbons (Fsp3) is 0.500. The Balaban J connectivity index is 1.40. The summed E-state index contributed by atoms with van der Waals surface area (Å²) in [7, 11) is 0. The molecule has 6 nitrogen and oxygen atoms in total. The molecular weight excluding hydrogens is 352 g/mol. The summed E-state index contributed by atoms with van der Waals surface area (Å²) in [5.74, 6) is 1.15. The van der Waals surface area contributed by atoms with E-state index in [1.165, 1.54) is 5.56 Å². The first kappa shape index (κ1) is 17.6. The third kappa shape index (κ3) is 2.78. The fourth-order valence-corrected chi connectivity index (χ4v) is 4.93. The summed E-state index contributed by atoms with van der Waals surface area (Å²) in [6.07, 6.45) is 3.90. The molecule has 1 unspecified atom stereocenters. The van der Waals surface area contributed by atoms with Gasteiger partial charge in [0.1, 0.15) is 0 Å². The van der Waals surface area contributed by atoms with Gasteiger partial charge in [-0.15, -0.1) is 5.10 Å². The quantitative estimate of drug-likeness (QED) is 0.822. The maximum Gasteiger partial charge on any atom is 0.237 e. The molecule has 1 amide bonds. The number of anilines is 2. The first-order valence-electron chi connectivity index (χ1n) is 10.3. The van der Waals surface area contributed by atoms with Gasteiger partial charge in [0.25, 0.3) is 0 Å². The number of ether oxygens (including phenoxy) is 1. The Morgan fingerprint density at radius 3 is 2.68 bits per heavy atom. The van der Waals surface area contributed by atoms with E-state index in [2.05, 4.69) is 33.3 Å². The molecule has 5 rings (SSSR count). The first-order chi connectivity index (χ1) is 13.7. The Morgan fingerprint density at radius 2 is 1.96 bits per heavy atom. The van der Waals surface area contributed by atoms with Crippen molar-refractivity contribution in [3.8, 4) is 0 Å². The van der Waals surface area contributed by atoms with Gasteiger partial charge in [-0.2, -0.15) is 5.10 Å². The summed E-state index contributed by atoms with van der Waals surface area (Å²) in [6, 6.07) is 12.3. The van der Waals surface area contributed by atoms with Crippen molar-refractivity contribution in [2.45, 2.75) is 44.1 Å². The fourth-order valence-electron chi connectivity index (χ4n) is 4.93. The number of piperidine rings is 1. The number of fused-ring (bicyclic) bond motifs is 2. The number of hydrogen-bond donors (Lipinski definition) is 0. The largest absolute Gasteiger partial charge is 0.376 e. The van der Waals surface area contributed by atoms with Crippen molar-refractivity contribution >= 4 is 17.4 Å². The van der Waals surface area contributed by atoms with Gasteiger partial charge in [0, 0.05) is 25.4 Å². The highest BCUT2D eigenvalue weighted by Crippen LogP contribution is 2.48. The molecule has 146 valence electrons. The monoisotopic (exact) mass is 378 g/mol. The average molecular weight is 378 g/mol. The number of hydrogen-bond acceptors (Lipinski definition) is 5. The Hall–Kier alpha value is -2.47. The second-order valence-electron chi connectivity index (χ2n) is 8.17. The number of aromatic nitrogens is 2. The van der Waals surface area contributed by atoms with Crippen LogP contribution in [0.15, 0.2) is 36.4 Å². The lowest BCUT2D eigenvalue weighted by molar-refractivity contribution is -0.124. The van der Waals surface area contributed by atoms with Gasteiger partial charge in [0.2, 0.25) is 5.91 Å². The highest BCUT2D eigenvalue weighted by atomic mass is 16.5. The van der Waals surface area contributed by atoms with Crippen molar-refractivity contribution in [2.75, 3.05) is 36.0 Å². The number of nitrogens with zero attached hydrogens (tertiary/aromatic N) is 4. The predicted molar refractivity (Wildman–Crippen MR) is 108 cm³/mol. The SMILES string of the molecule is Cc1ccc(N2CCC3(CC2)C(=O)N(CC2CCCO2)c2ccccc23)nn1. The van der Waals surface area contributed by atoms with E-state index in [0.717, 1.165) is 62.6 Å². The van der Waals surface area contributed by atoms with Crippen LogP contribution in [0.1, 0.15) is 36.9 Å². The zero-order chi connectivity index (χ0) is 19.1. The van der Waals surface area contributed by atoms with Crippen LogP contribution in [0.5, 0.6) is 0 Å². The zero-order valence-electron chi connectivity index (χ0n) is 16.3. The highest BCUT2D eigenvalue weighted by molar-refractivity contribution is 6.08. The van der Waals surface area contributed by atoms with Crippen LogP contribution >= 0.6 is 0 Å². The molecule has 1 spiro atoms. The highest BCUT2D eigenvalue weighted by Gasteiger charge is 2.52. The smallest absolute Gasteiger partial charge is 0.237 e. The molecule has 2 saturated heterocycles. The molecule has 2 aromatic rings. The minimum absolute atomic E-state index is 0.162. The second-order valence-corrected chi connectivity index (χ2v) is 8.17. The number of aryl methyl sites for hydroxylation is 1. The summed E-state index contributed by atoms with van der Waals surface area (Å²) in [5, 5.41) is 8.51. The van der Waals surface area contributed by atoms with E-state index in [-0.39, 0.29) is 12.0 Å². The minimum atomic E-state index is -0.413. The minimum Gasteiger partial charge on any atom is -0.376 e. The van der Waals surface area contributed by atoms with Crippen LogP contribution in [-0.4, -0.2) is 48.4 Å². The number of amides is 1. The van der Waals surface area contributed by atoms with Crippen molar-refractivity contribution in [3.63, 3.8) is 0 Å². The van der Waals surface area contributed by atoms with Gasteiger partial charge in [-0.3, -0.25) is 4.79 Å². The molecule has 4 heterocycles. The van der Waals surface area contributed by atoms with E-state index in [0.29, 0.717) is 6.54 Å². The molecule has 3 aliphatic rings. The summed E-state index contributed by atoms with van der Waals surface area (Å²) in [5.41, 5.74) is 2.77. The van der Waals surface area contributed by atoms with Crippen LogP contribution in [0.25, 0.3) is 0 Å². The zero-order valence-corrected chi connectivity index (χ0v) is 16.3. The molecule has 0 bridgehead atoms. The van der Waals surface area contributed by atoms with Gasteiger partial charge in [-0.05, 0) is 56.4 Å². The normalized spacial score (nSPS) is 23.5. The molecule has 0 saturated carbocycles. The molecule has 1 aromatic carbocycles. The summed E-state index contributed by atoms with van der Waals surface area (Å²) >= 11 is 0. The third-order valence-corrected chi connectivity index (χ3v) is 6.50. The summed E-state index contributed by atoms with van der Waals surface area (Å²) in [4.78, 5) is 17.9. The molecule has 0 aliphatic carbocycles. The first-order valence-corrected chi connectivity index (χ1v) is 10.3. The van der Waals surface area contributed by atoms with Gasteiger partial charge in [-0.1, -0.05) is 18.2 Å². The van der Waals surface area contributed by atoms with E-state index in [1.807, 2.05) is 30.0 Å². The predicted octanol–water partition coefficient (Wildman–Crippen LogP) is 2.85. The van der Waals surface area contributed by atoms with E-state index in [1.54, 1.807) is 0 Å². The molecular formula is C22H26N4O2. The van der Waals surface area contributed by atoms with Crippen molar-refractivity contribution in [3.05, 3.63) is 47.7 Å². The molecule has 1 aromatic heterocycles. The van der Waals surface area contributed by atoms with E-state index >= 15 is 0 Å². The lowest BCUT2D eigenvalue weighted by Gasteiger charge is -2.39. The number of carbonyl (C=O) groups excluding carboxylic acids is 1. The number of carbonyl (C=O) groups is 1.